The van der Waals surface area contributed by atoms with E-state index in [0.29, 0.717) is 12.0 Å². The van der Waals surface area contributed by atoms with Gasteiger partial charge in [0.2, 0.25) is 0 Å². The minimum absolute atomic E-state index is 0. The third-order valence-electron chi connectivity index (χ3n) is 4.58. The van der Waals surface area contributed by atoms with Crippen LogP contribution in [-0.4, -0.2) is 27.8 Å². The number of aromatic nitrogens is 2. The average molecular weight is 389 g/mol. The molecule has 0 unspecified atom stereocenters. The van der Waals surface area contributed by atoms with Gasteiger partial charge in [-0.05, 0) is 36.3 Å². The molecule has 2 fully saturated rings. The second-order valence-electron chi connectivity index (χ2n) is 6.34. The van der Waals surface area contributed by atoms with Gasteiger partial charge < -0.3 is 10.6 Å². The SMILES string of the molecule is Cl.Cl.Cn1cc(NC(=O)c2cc([C@@H]3C[C@H]3NC3CCC3)cs2)cn1. The molecule has 2 heterocycles. The Morgan fingerprint density at radius 3 is 2.79 bits per heavy atom. The van der Waals surface area contributed by atoms with Crippen molar-refractivity contribution in [2.24, 2.45) is 7.05 Å². The molecule has 2 atom stereocenters. The van der Waals surface area contributed by atoms with Crippen LogP contribution >= 0.6 is 36.2 Å². The van der Waals surface area contributed by atoms with E-state index >= 15 is 0 Å². The third kappa shape index (κ3) is 4.11. The van der Waals surface area contributed by atoms with Gasteiger partial charge in [-0.15, -0.1) is 36.2 Å². The molecule has 0 saturated heterocycles. The smallest absolute Gasteiger partial charge is 0.265 e. The maximum absolute atomic E-state index is 12.2. The summed E-state index contributed by atoms with van der Waals surface area (Å²) in [5, 5.41) is 12.8. The Labute approximate surface area is 158 Å². The fourth-order valence-corrected chi connectivity index (χ4v) is 3.84. The van der Waals surface area contributed by atoms with Crippen molar-refractivity contribution in [3.8, 4) is 0 Å². The van der Waals surface area contributed by atoms with Gasteiger partial charge in [-0.3, -0.25) is 9.48 Å². The lowest BCUT2D eigenvalue weighted by Gasteiger charge is -2.26. The number of thiophene rings is 1. The predicted octanol–water partition coefficient (Wildman–Crippen LogP) is 3.58. The van der Waals surface area contributed by atoms with E-state index in [1.165, 1.54) is 42.6 Å². The molecular formula is C16H22Cl2N4OS. The summed E-state index contributed by atoms with van der Waals surface area (Å²) in [4.78, 5) is 13.0. The molecule has 0 spiro atoms. The van der Waals surface area contributed by atoms with Gasteiger partial charge in [0.15, 0.2) is 0 Å². The highest BCUT2D eigenvalue weighted by Gasteiger charge is 2.40. The molecule has 132 valence electrons. The fourth-order valence-electron chi connectivity index (χ4n) is 2.97. The molecule has 2 saturated carbocycles. The molecule has 0 aromatic carbocycles. The standard InChI is InChI=1S/C16H20N4OS.2ClH/c1-20-8-12(7-17-20)19-16(21)15-5-10(9-22-15)13-6-14(13)18-11-3-2-4-11;;/h5,7-9,11,13-14,18H,2-4,6H2,1H3,(H,19,21);2*1H/t13-,14+;;/m0../s1. The van der Waals surface area contributed by atoms with Crippen molar-refractivity contribution in [2.75, 3.05) is 5.32 Å². The molecule has 0 bridgehead atoms. The van der Waals surface area contributed by atoms with Crippen LogP contribution in [0.1, 0.15) is 46.8 Å². The molecule has 24 heavy (non-hydrogen) atoms. The molecule has 1 amide bonds. The lowest BCUT2D eigenvalue weighted by Crippen LogP contribution is -2.37. The maximum atomic E-state index is 12.2. The normalized spacial score (nSPS) is 22.0. The van der Waals surface area contributed by atoms with Crippen LogP contribution in [0.25, 0.3) is 0 Å². The number of rotatable bonds is 5. The zero-order valence-electron chi connectivity index (χ0n) is 13.4. The van der Waals surface area contributed by atoms with E-state index in [0.717, 1.165) is 16.6 Å². The van der Waals surface area contributed by atoms with E-state index in [2.05, 4.69) is 21.1 Å². The van der Waals surface area contributed by atoms with E-state index in [4.69, 9.17) is 0 Å². The third-order valence-corrected chi connectivity index (χ3v) is 5.53. The number of aryl methyl sites for hydroxylation is 1. The van der Waals surface area contributed by atoms with E-state index in [-0.39, 0.29) is 30.7 Å². The minimum Gasteiger partial charge on any atom is -0.319 e. The second kappa shape index (κ2) is 7.87. The largest absolute Gasteiger partial charge is 0.319 e. The summed E-state index contributed by atoms with van der Waals surface area (Å²) >= 11 is 1.53. The zero-order chi connectivity index (χ0) is 15.1. The number of carbonyl (C=O) groups is 1. The summed E-state index contributed by atoms with van der Waals surface area (Å²) < 4.78 is 1.68. The van der Waals surface area contributed by atoms with Crippen LogP contribution in [0.15, 0.2) is 23.8 Å². The lowest BCUT2D eigenvalue weighted by atomic mass is 9.93. The van der Waals surface area contributed by atoms with Gasteiger partial charge in [0.1, 0.15) is 0 Å². The van der Waals surface area contributed by atoms with Crippen molar-refractivity contribution in [3.63, 3.8) is 0 Å². The molecule has 8 heteroatoms. The highest BCUT2D eigenvalue weighted by molar-refractivity contribution is 7.12. The van der Waals surface area contributed by atoms with Crippen LogP contribution < -0.4 is 10.6 Å². The molecule has 0 radical (unpaired) electrons. The van der Waals surface area contributed by atoms with Gasteiger partial charge in [-0.25, -0.2) is 0 Å². The van der Waals surface area contributed by atoms with E-state index in [9.17, 15) is 4.79 Å². The Kier molecular flexibility index (Phi) is 6.31. The lowest BCUT2D eigenvalue weighted by molar-refractivity contribution is 0.103. The van der Waals surface area contributed by atoms with Crippen LogP contribution in [0.3, 0.4) is 0 Å². The van der Waals surface area contributed by atoms with Crippen molar-refractivity contribution < 1.29 is 4.79 Å². The van der Waals surface area contributed by atoms with Crippen LogP contribution in [0.2, 0.25) is 0 Å². The Bertz CT molecular complexity index is 698. The number of carbonyl (C=O) groups excluding carboxylic acids is 1. The molecule has 2 aromatic heterocycles. The topological polar surface area (TPSA) is 59.0 Å². The Hall–Kier alpha value is -1.08. The monoisotopic (exact) mass is 388 g/mol. The Balaban J connectivity index is 0.00000104. The van der Waals surface area contributed by atoms with Crippen molar-refractivity contribution >= 4 is 47.7 Å². The van der Waals surface area contributed by atoms with Crippen LogP contribution in [0, 0.1) is 0 Å². The van der Waals surface area contributed by atoms with E-state index < -0.39 is 0 Å². The van der Waals surface area contributed by atoms with E-state index in [1.54, 1.807) is 17.1 Å². The molecular weight excluding hydrogens is 367 g/mol. The first-order valence-electron chi connectivity index (χ1n) is 7.83. The van der Waals surface area contributed by atoms with Crippen molar-refractivity contribution in [2.45, 2.75) is 43.7 Å². The molecule has 0 aliphatic heterocycles. The van der Waals surface area contributed by atoms with E-state index in [1.807, 2.05) is 13.1 Å². The molecule has 4 rings (SSSR count). The van der Waals surface area contributed by atoms with Gasteiger partial charge in [-0.2, -0.15) is 5.10 Å². The summed E-state index contributed by atoms with van der Waals surface area (Å²) in [6.07, 6.45) is 8.68. The molecule has 2 aliphatic carbocycles. The van der Waals surface area contributed by atoms with Crippen molar-refractivity contribution in [3.05, 3.63) is 34.3 Å². The quantitative estimate of drug-likeness (QED) is 0.822. The molecule has 2 aromatic rings. The highest BCUT2D eigenvalue weighted by Crippen LogP contribution is 2.43. The molecule has 2 N–H and O–H groups in total. The first kappa shape index (κ1) is 19.2. The molecule has 2 aliphatic rings. The summed E-state index contributed by atoms with van der Waals surface area (Å²) in [6.45, 7) is 0. The molecule has 5 nitrogen and oxygen atoms in total. The van der Waals surface area contributed by atoms with Crippen LogP contribution in [0.5, 0.6) is 0 Å². The van der Waals surface area contributed by atoms with Crippen LogP contribution in [0.4, 0.5) is 5.69 Å². The number of anilines is 1. The number of nitrogens with one attached hydrogen (secondary N) is 2. The van der Waals surface area contributed by atoms with Gasteiger partial charge in [0.05, 0.1) is 16.8 Å². The average Bonchev–Trinajstić information content (AvgIpc) is 2.84. The van der Waals surface area contributed by atoms with Crippen molar-refractivity contribution in [1.82, 2.24) is 15.1 Å². The predicted molar refractivity (Wildman–Crippen MR) is 102 cm³/mol. The van der Waals surface area contributed by atoms with Crippen LogP contribution in [-0.2, 0) is 7.05 Å². The summed E-state index contributed by atoms with van der Waals surface area (Å²) in [5.41, 5.74) is 2.04. The zero-order valence-corrected chi connectivity index (χ0v) is 15.8. The van der Waals surface area contributed by atoms with Crippen molar-refractivity contribution in [1.29, 1.82) is 0 Å². The Morgan fingerprint density at radius 2 is 2.17 bits per heavy atom. The highest BCUT2D eigenvalue weighted by atomic mass is 35.5. The number of hydrogen-bond donors (Lipinski definition) is 2. The van der Waals surface area contributed by atoms with Gasteiger partial charge >= 0.3 is 0 Å². The van der Waals surface area contributed by atoms with Gasteiger partial charge in [0.25, 0.3) is 5.91 Å². The van der Waals surface area contributed by atoms with Gasteiger partial charge in [0, 0.05) is 31.2 Å². The second-order valence-corrected chi connectivity index (χ2v) is 7.26. The first-order chi connectivity index (χ1) is 10.7. The number of amides is 1. The number of halogens is 2. The summed E-state index contributed by atoms with van der Waals surface area (Å²) in [5.74, 6) is 0.546. The fraction of sp³-hybridized carbons (Fsp3) is 0.500. The summed E-state index contributed by atoms with van der Waals surface area (Å²) in [6, 6.07) is 3.40. The minimum atomic E-state index is -0.0478. The number of nitrogens with zero attached hydrogens (tertiary/aromatic N) is 2. The number of hydrogen-bond acceptors (Lipinski definition) is 4. The Morgan fingerprint density at radius 1 is 1.38 bits per heavy atom. The maximum Gasteiger partial charge on any atom is 0.265 e. The first-order valence-corrected chi connectivity index (χ1v) is 8.71. The summed E-state index contributed by atoms with van der Waals surface area (Å²) in [7, 11) is 1.83. The van der Waals surface area contributed by atoms with Gasteiger partial charge in [-0.1, -0.05) is 6.42 Å².